The molecule has 0 radical (unpaired) electrons. The van der Waals surface area contributed by atoms with Crippen LogP contribution in [0.25, 0.3) is 26.8 Å². The highest BCUT2D eigenvalue weighted by molar-refractivity contribution is 7.90. The molecule has 0 fully saturated rings. The van der Waals surface area contributed by atoms with E-state index in [2.05, 4.69) is 21.4 Å². The van der Waals surface area contributed by atoms with Crippen LogP contribution < -0.4 is 5.32 Å². The van der Waals surface area contributed by atoms with E-state index in [1.807, 2.05) is 6.92 Å². The van der Waals surface area contributed by atoms with Gasteiger partial charge in [0.05, 0.1) is 31.2 Å². The number of nitrogens with one attached hydrogen (secondary N) is 1. The van der Waals surface area contributed by atoms with Crippen molar-refractivity contribution in [3.63, 3.8) is 0 Å². The standard InChI is InChI=1S/C20H18N4O2S2.CH4O/c1-13-23-17-5-4-15(11-19(17)27-13)28(25,26)24-12-16(14-6-9-21-10-7-14)20-18(24)3-2-8-22-20;1-2/h2-6,8,11-12,21H,7,9-10H2,1H3;2H,1H3. The van der Waals surface area contributed by atoms with E-state index in [9.17, 15) is 8.42 Å². The second kappa shape index (κ2) is 8.27. The van der Waals surface area contributed by atoms with Crippen molar-refractivity contribution >= 4 is 48.2 Å². The zero-order chi connectivity index (χ0) is 21.3. The minimum Gasteiger partial charge on any atom is -0.400 e. The first-order valence-corrected chi connectivity index (χ1v) is 11.7. The summed E-state index contributed by atoms with van der Waals surface area (Å²) < 4.78 is 29.2. The van der Waals surface area contributed by atoms with Crippen molar-refractivity contribution in [2.75, 3.05) is 20.2 Å². The molecular formula is C21H22N4O3S2. The molecule has 1 aliphatic heterocycles. The largest absolute Gasteiger partial charge is 0.400 e. The Hall–Kier alpha value is -2.59. The van der Waals surface area contributed by atoms with Crippen molar-refractivity contribution in [1.82, 2.24) is 19.3 Å². The fourth-order valence-electron chi connectivity index (χ4n) is 3.63. The Morgan fingerprint density at radius 2 is 2.07 bits per heavy atom. The van der Waals surface area contributed by atoms with E-state index in [-0.39, 0.29) is 4.90 Å². The molecule has 2 N–H and O–H groups in total. The van der Waals surface area contributed by atoms with Crippen LogP contribution in [0.5, 0.6) is 0 Å². The van der Waals surface area contributed by atoms with Gasteiger partial charge in [-0.2, -0.15) is 0 Å². The minimum atomic E-state index is -3.75. The lowest BCUT2D eigenvalue weighted by Crippen LogP contribution is -2.20. The van der Waals surface area contributed by atoms with Gasteiger partial charge in [-0.15, -0.1) is 11.3 Å². The second-order valence-corrected chi connectivity index (χ2v) is 9.81. The minimum absolute atomic E-state index is 0.259. The van der Waals surface area contributed by atoms with Gasteiger partial charge in [0.2, 0.25) is 0 Å². The average molecular weight is 443 g/mol. The smallest absolute Gasteiger partial charge is 0.268 e. The summed E-state index contributed by atoms with van der Waals surface area (Å²) in [6.45, 7) is 3.57. The Morgan fingerprint density at radius 1 is 1.23 bits per heavy atom. The van der Waals surface area contributed by atoms with Crippen molar-refractivity contribution in [2.45, 2.75) is 18.2 Å². The molecule has 5 rings (SSSR count). The first-order valence-electron chi connectivity index (χ1n) is 9.48. The van der Waals surface area contributed by atoms with Crippen molar-refractivity contribution in [1.29, 1.82) is 0 Å². The van der Waals surface area contributed by atoms with Crippen molar-refractivity contribution in [3.05, 3.63) is 59.4 Å². The number of nitrogens with zero attached hydrogens (tertiary/aromatic N) is 3. The third-order valence-electron chi connectivity index (χ3n) is 4.96. The fraction of sp³-hybridized carbons (Fsp3) is 0.238. The maximum absolute atomic E-state index is 13.5. The van der Waals surface area contributed by atoms with Crippen LogP contribution in [0.15, 0.2) is 53.7 Å². The molecule has 0 amide bonds. The molecule has 9 heteroatoms. The number of fused-ring (bicyclic) bond motifs is 2. The van der Waals surface area contributed by atoms with Crippen LogP contribution in [-0.4, -0.2) is 47.7 Å². The summed E-state index contributed by atoms with van der Waals surface area (Å²) in [5.74, 6) is 0. The molecule has 0 aliphatic carbocycles. The van der Waals surface area contributed by atoms with Gasteiger partial charge in [0.1, 0.15) is 0 Å². The number of aliphatic hydroxyl groups excluding tert-OH is 1. The molecule has 0 atom stereocenters. The number of aliphatic hydroxyl groups is 1. The quantitative estimate of drug-likeness (QED) is 0.506. The van der Waals surface area contributed by atoms with Gasteiger partial charge in [0.25, 0.3) is 10.0 Å². The lowest BCUT2D eigenvalue weighted by Gasteiger charge is -2.12. The summed E-state index contributed by atoms with van der Waals surface area (Å²) in [7, 11) is -2.75. The lowest BCUT2D eigenvalue weighted by atomic mass is 10.0. The summed E-state index contributed by atoms with van der Waals surface area (Å²) >= 11 is 1.50. The van der Waals surface area contributed by atoms with Gasteiger partial charge >= 0.3 is 0 Å². The molecule has 30 heavy (non-hydrogen) atoms. The number of benzene rings is 1. The first-order chi connectivity index (χ1) is 14.5. The van der Waals surface area contributed by atoms with E-state index in [1.165, 1.54) is 15.3 Å². The molecule has 0 unspecified atom stereocenters. The normalized spacial score (nSPS) is 14.4. The molecule has 0 bridgehead atoms. The van der Waals surface area contributed by atoms with Crippen LogP contribution >= 0.6 is 11.3 Å². The maximum Gasteiger partial charge on any atom is 0.268 e. The average Bonchev–Trinajstić information content (AvgIpc) is 3.35. The van der Waals surface area contributed by atoms with Gasteiger partial charge in [-0.1, -0.05) is 6.08 Å². The van der Waals surface area contributed by atoms with Gasteiger partial charge in [0.15, 0.2) is 0 Å². The van der Waals surface area contributed by atoms with E-state index >= 15 is 0 Å². The molecule has 0 saturated carbocycles. The van der Waals surface area contributed by atoms with Crippen LogP contribution in [0.2, 0.25) is 0 Å². The van der Waals surface area contributed by atoms with Gasteiger partial charge in [-0.25, -0.2) is 17.4 Å². The predicted molar refractivity (Wildman–Crippen MR) is 120 cm³/mol. The summed E-state index contributed by atoms with van der Waals surface area (Å²) in [5, 5.41) is 11.2. The Kier molecular flexibility index (Phi) is 5.70. The van der Waals surface area contributed by atoms with Crippen LogP contribution in [0.1, 0.15) is 17.0 Å². The maximum atomic E-state index is 13.5. The molecule has 7 nitrogen and oxygen atoms in total. The monoisotopic (exact) mass is 442 g/mol. The summed E-state index contributed by atoms with van der Waals surface area (Å²) in [6.07, 6.45) is 6.38. The van der Waals surface area contributed by atoms with Crippen molar-refractivity contribution in [3.8, 4) is 0 Å². The third-order valence-corrected chi connectivity index (χ3v) is 7.56. The Morgan fingerprint density at radius 3 is 2.83 bits per heavy atom. The Bertz CT molecular complexity index is 1350. The second-order valence-electron chi connectivity index (χ2n) is 6.76. The fourth-order valence-corrected chi connectivity index (χ4v) is 5.95. The molecule has 1 aliphatic rings. The SMILES string of the molecule is CO.Cc1nc2ccc(S(=O)(=O)n3cc(C4=CCNCC4)c4ncccc43)cc2s1. The van der Waals surface area contributed by atoms with E-state index in [1.54, 1.807) is 42.7 Å². The number of hydrogen-bond donors (Lipinski definition) is 2. The Balaban J connectivity index is 0.00000106. The predicted octanol–water partition coefficient (Wildman–Crippen LogP) is 3.18. The van der Waals surface area contributed by atoms with Crippen LogP contribution in [0.4, 0.5) is 0 Å². The van der Waals surface area contributed by atoms with E-state index in [0.717, 1.165) is 53.0 Å². The molecule has 3 aromatic heterocycles. The third kappa shape index (κ3) is 3.54. The number of aromatic nitrogens is 3. The highest BCUT2D eigenvalue weighted by Crippen LogP contribution is 2.32. The molecular weight excluding hydrogens is 420 g/mol. The number of rotatable bonds is 3. The molecule has 1 aromatic carbocycles. The number of pyridine rings is 1. The van der Waals surface area contributed by atoms with Crippen LogP contribution in [0, 0.1) is 6.92 Å². The summed E-state index contributed by atoms with van der Waals surface area (Å²) in [5.41, 5.74) is 4.15. The van der Waals surface area contributed by atoms with Crippen molar-refractivity contribution in [2.24, 2.45) is 0 Å². The van der Waals surface area contributed by atoms with Gasteiger partial charge in [-0.3, -0.25) is 4.98 Å². The van der Waals surface area contributed by atoms with Gasteiger partial charge in [-0.05, 0) is 55.8 Å². The van der Waals surface area contributed by atoms with E-state index < -0.39 is 10.0 Å². The molecule has 0 saturated heterocycles. The summed E-state index contributed by atoms with van der Waals surface area (Å²) in [4.78, 5) is 9.16. The molecule has 4 heterocycles. The number of hydrogen-bond acceptors (Lipinski definition) is 7. The molecule has 156 valence electrons. The number of aryl methyl sites for hydroxylation is 1. The highest BCUT2D eigenvalue weighted by Gasteiger charge is 2.24. The topological polar surface area (TPSA) is 97.1 Å². The van der Waals surface area contributed by atoms with E-state index in [4.69, 9.17) is 5.11 Å². The van der Waals surface area contributed by atoms with Crippen molar-refractivity contribution < 1.29 is 13.5 Å². The van der Waals surface area contributed by atoms with Gasteiger partial charge in [0, 0.05) is 31.6 Å². The van der Waals surface area contributed by atoms with Crippen LogP contribution in [-0.2, 0) is 10.0 Å². The zero-order valence-corrected chi connectivity index (χ0v) is 18.3. The van der Waals surface area contributed by atoms with Gasteiger partial charge < -0.3 is 10.4 Å². The first kappa shape index (κ1) is 20.7. The highest BCUT2D eigenvalue weighted by atomic mass is 32.2. The molecule has 0 spiro atoms. The lowest BCUT2D eigenvalue weighted by molar-refractivity contribution is 0.399. The number of thiazole rings is 1. The van der Waals surface area contributed by atoms with E-state index in [0.29, 0.717) is 11.0 Å². The Labute approximate surface area is 178 Å². The molecule has 4 aromatic rings. The summed E-state index contributed by atoms with van der Waals surface area (Å²) in [6, 6.07) is 8.68. The van der Waals surface area contributed by atoms with Crippen LogP contribution in [0.3, 0.4) is 0 Å². The zero-order valence-electron chi connectivity index (χ0n) is 16.7.